The minimum atomic E-state index is -0.281. The first-order valence-electron chi connectivity index (χ1n) is 10.1. The lowest BCUT2D eigenvalue weighted by Crippen LogP contribution is -2.22. The molecule has 0 spiro atoms. The molecule has 164 valence electrons. The van der Waals surface area contributed by atoms with Crippen LogP contribution in [-0.4, -0.2) is 18.8 Å². The maximum Gasteiger partial charge on any atom is 0.251 e. The van der Waals surface area contributed by atoms with Crippen molar-refractivity contribution in [1.82, 2.24) is 5.32 Å². The lowest BCUT2D eigenvalue weighted by molar-refractivity contribution is -0.117. The maximum absolute atomic E-state index is 12.4. The topological polar surface area (TPSA) is 55.4 Å². The molecule has 0 aromatic carbocycles. The first kappa shape index (κ1) is 27.4. The second kappa shape index (κ2) is 16.2. The molecule has 1 N–H and O–H groups in total. The van der Waals surface area contributed by atoms with Gasteiger partial charge in [-0.1, -0.05) is 57.4 Å². The molecule has 0 aromatic rings. The molecule has 1 amide bonds. The fraction of sp³-hybridized carbons (Fsp3) is 0.222. The highest BCUT2D eigenvalue weighted by Crippen LogP contribution is 2.11. The van der Waals surface area contributed by atoms with Crippen molar-refractivity contribution in [2.45, 2.75) is 34.1 Å². The number of ether oxygens (including phenoxy) is 1. The highest BCUT2D eigenvalue weighted by Gasteiger charge is 2.07. The summed E-state index contributed by atoms with van der Waals surface area (Å²) in [5.74, 6) is 0.267. The predicted octanol–water partition coefficient (Wildman–Crippen LogP) is 5.97. The molecule has 4 nitrogen and oxygen atoms in total. The summed E-state index contributed by atoms with van der Waals surface area (Å²) in [6.45, 7) is 14.8. The number of carbonyl (C=O) groups excluding carboxylic acids is 2. The third-order valence-electron chi connectivity index (χ3n) is 3.97. The first-order valence-corrected chi connectivity index (χ1v) is 10.1. The van der Waals surface area contributed by atoms with Crippen molar-refractivity contribution < 1.29 is 14.3 Å². The van der Waals surface area contributed by atoms with Gasteiger partial charge in [0.25, 0.3) is 5.91 Å². The van der Waals surface area contributed by atoms with E-state index in [1.54, 1.807) is 56.4 Å². The van der Waals surface area contributed by atoms with Crippen LogP contribution >= 0.6 is 0 Å². The number of ketones is 1. The zero-order valence-electron chi connectivity index (χ0n) is 19.2. The molecule has 31 heavy (non-hydrogen) atoms. The standard InChI is InChI=1S/C25H27NO3.C2H6/c1-6-22(26-25(28)20(4)15-17-23(7-2)29-5)16-14-19(3)24(27)18-21-12-10-8-9-11-13-21;1-2/h6-10,12-17H,1-2,18H2,3-5H3,(H,26,28);1-2H3/b19-14+,20-15+,22-16+,23-17+;. The summed E-state index contributed by atoms with van der Waals surface area (Å²) in [5, 5.41) is 2.75. The number of rotatable bonds is 10. The van der Waals surface area contributed by atoms with Crippen molar-refractivity contribution in [3.05, 3.63) is 114 Å². The molecule has 0 atom stereocenters. The van der Waals surface area contributed by atoms with E-state index in [1.165, 1.54) is 13.2 Å². The van der Waals surface area contributed by atoms with E-state index in [-0.39, 0.29) is 18.1 Å². The van der Waals surface area contributed by atoms with Crippen LogP contribution in [-0.2, 0) is 14.3 Å². The van der Waals surface area contributed by atoms with Crippen molar-refractivity contribution in [3.63, 3.8) is 0 Å². The van der Waals surface area contributed by atoms with Gasteiger partial charge in [-0.05, 0) is 61.4 Å². The van der Waals surface area contributed by atoms with Crippen molar-refractivity contribution in [2.24, 2.45) is 0 Å². The van der Waals surface area contributed by atoms with Gasteiger partial charge in [0.1, 0.15) is 5.76 Å². The van der Waals surface area contributed by atoms with Gasteiger partial charge in [0, 0.05) is 17.7 Å². The molecular formula is C27H33NO3. The van der Waals surface area contributed by atoms with Gasteiger partial charge in [0.05, 0.1) is 7.11 Å². The van der Waals surface area contributed by atoms with Crippen LogP contribution in [0.15, 0.2) is 114 Å². The minimum absolute atomic E-state index is 0.00618. The largest absolute Gasteiger partial charge is 0.497 e. The second-order valence-corrected chi connectivity index (χ2v) is 6.16. The van der Waals surface area contributed by atoms with E-state index in [0.717, 1.165) is 5.57 Å². The zero-order chi connectivity index (χ0) is 23.6. The van der Waals surface area contributed by atoms with Gasteiger partial charge in [-0.25, -0.2) is 0 Å². The predicted molar refractivity (Wildman–Crippen MR) is 130 cm³/mol. The summed E-state index contributed by atoms with van der Waals surface area (Å²) < 4.78 is 5.06. The number of Topliss-reactive ketones (excluding diaryl/α,β-unsaturated/α-hetero) is 1. The molecular weight excluding hydrogens is 386 g/mol. The van der Waals surface area contributed by atoms with Crippen molar-refractivity contribution in [1.29, 1.82) is 0 Å². The number of nitrogens with one attached hydrogen (secondary N) is 1. The van der Waals surface area contributed by atoms with Crippen LogP contribution in [0.25, 0.3) is 0 Å². The van der Waals surface area contributed by atoms with Crippen molar-refractivity contribution in [3.8, 4) is 0 Å². The van der Waals surface area contributed by atoms with Gasteiger partial charge in [-0.15, -0.1) is 5.73 Å². The van der Waals surface area contributed by atoms with Gasteiger partial charge in [-0.2, -0.15) is 0 Å². The summed E-state index contributed by atoms with van der Waals surface area (Å²) >= 11 is 0. The molecule has 1 rings (SSSR count). The first-order chi connectivity index (χ1) is 14.9. The average Bonchev–Trinajstić information content (AvgIpc) is 3.06. The van der Waals surface area contributed by atoms with E-state index in [2.05, 4.69) is 24.2 Å². The zero-order valence-corrected chi connectivity index (χ0v) is 19.2. The lowest BCUT2D eigenvalue weighted by Gasteiger charge is -2.06. The van der Waals surface area contributed by atoms with Gasteiger partial charge < -0.3 is 10.1 Å². The van der Waals surface area contributed by atoms with Crippen LogP contribution in [0.5, 0.6) is 0 Å². The van der Waals surface area contributed by atoms with Gasteiger partial charge in [0.2, 0.25) is 0 Å². The molecule has 0 unspecified atom stereocenters. The molecule has 4 heteroatoms. The van der Waals surface area contributed by atoms with E-state index >= 15 is 0 Å². The summed E-state index contributed by atoms with van der Waals surface area (Å²) in [6.07, 6.45) is 19.2. The van der Waals surface area contributed by atoms with Crippen LogP contribution in [0.2, 0.25) is 0 Å². The molecule has 0 fully saturated rings. The number of allylic oxidation sites excluding steroid dienone is 12. The van der Waals surface area contributed by atoms with Crippen LogP contribution in [0.1, 0.15) is 34.1 Å². The van der Waals surface area contributed by atoms with E-state index in [1.807, 2.05) is 32.1 Å². The second-order valence-electron chi connectivity index (χ2n) is 6.16. The Kier molecular flexibility index (Phi) is 14.3. The molecule has 0 radical (unpaired) electrons. The quantitative estimate of drug-likeness (QED) is 0.205. The summed E-state index contributed by atoms with van der Waals surface area (Å²) in [4.78, 5) is 24.7. The molecule has 1 aliphatic carbocycles. The van der Waals surface area contributed by atoms with Crippen molar-refractivity contribution in [2.75, 3.05) is 7.11 Å². The molecule has 0 aromatic heterocycles. The SMILES string of the molecule is C=C/C(=C\C=C(/C)C(=O)CC1=CC=CC=C=C1)NC(=O)/C(C)=C/C=C(\C=C)OC.CC. The van der Waals surface area contributed by atoms with Gasteiger partial charge in [-0.3, -0.25) is 9.59 Å². The van der Waals surface area contributed by atoms with E-state index in [9.17, 15) is 9.59 Å². The fourth-order valence-electron chi connectivity index (χ4n) is 2.13. The van der Waals surface area contributed by atoms with Gasteiger partial charge in [0.15, 0.2) is 5.78 Å². The Morgan fingerprint density at radius 2 is 1.71 bits per heavy atom. The number of amides is 1. The Balaban J connectivity index is 0.00000436. The Bertz CT molecular complexity index is 912. The monoisotopic (exact) mass is 419 g/mol. The normalized spacial score (nSPS) is 14.0. The Morgan fingerprint density at radius 3 is 2.32 bits per heavy atom. The molecule has 0 saturated carbocycles. The minimum Gasteiger partial charge on any atom is -0.497 e. The summed E-state index contributed by atoms with van der Waals surface area (Å²) in [5.41, 5.74) is 5.43. The number of hydrogen-bond acceptors (Lipinski definition) is 3. The maximum atomic E-state index is 12.4. The lowest BCUT2D eigenvalue weighted by atomic mass is 10.0. The van der Waals surface area contributed by atoms with E-state index in [0.29, 0.717) is 22.6 Å². The van der Waals surface area contributed by atoms with E-state index in [4.69, 9.17) is 4.74 Å². The summed E-state index contributed by atoms with van der Waals surface area (Å²) in [7, 11) is 1.53. The van der Waals surface area contributed by atoms with Crippen LogP contribution in [0, 0.1) is 0 Å². The Morgan fingerprint density at radius 1 is 1.03 bits per heavy atom. The third-order valence-corrected chi connectivity index (χ3v) is 3.97. The summed E-state index contributed by atoms with van der Waals surface area (Å²) in [6, 6.07) is 0. The molecule has 0 aliphatic heterocycles. The van der Waals surface area contributed by atoms with Crippen molar-refractivity contribution >= 4 is 11.7 Å². The highest BCUT2D eigenvalue weighted by molar-refractivity contribution is 5.97. The van der Waals surface area contributed by atoms with Gasteiger partial charge >= 0.3 is 0 Å². The van der Waals surface area contributed by atoms with Crippen LogP contribution < -0.4 is 5.32 Å². The van der Waals surface area contributed by atoms with Crippen LogP contribution in [0.3, 0.4) is 0 Å². The third kappa shape index (κ3) is 11.2. The van der Waals surface area contributed by atoms with Crippen LogP contribution in [0.4, 0.5) is 0 Å². The average molecular weight is 420 g/mol. The molecule has 0 saturated heterocycles. The number of carbonyl (C=O) groups is 2. The Labute approximate surface area is 186 Å². The number of methoxy groups -OCH3 is 1. The number of hydrogen-bond donors (Lipinski definition) is 1. The fourth-order valence-corrected chi connectivity index (χ4v) is 2.13. The molecule has 1 aliphatic rings. The van der Waals surface area contributed by atoms with E-state index < -0.39 is 0 Å². The smallest absolute Gasteiger partial charge is 0.251 e. The Hall–Kier alpha value is -3.62. The highest BCUT2D eigenvalue weighted by atomic mass is 16.5. The molecule has 0 bridgehead atoms. The molecule has 0 heterocycles.